The second-order valence-corrected chi connectivity index (χ2v) is 7.86. The number of anilines is 1. The third-order valence-corrected chi connectivity index (χ3v) is 6.31. The minimum atomic E-state index is 0.0349. The third kappa shape index (κ3) is 3.39. The predicted octanol–water partition coefficient (Wildman–Crippen LogP) is 3.90. The van der Waals surface area contributed by atoms with Crippen LogP contribution in [0.2, 0.25) is 0 Å². The number of benzene rings is 1. The fraction of sp³-hybridized carbons (Fsp3) is 0.400. The van der Waals surface area contributed by atoms with Crippen molar-refractivity contribution < 1.29 is 5.11 Å². The first kappa shape index (κ1) is 16.5. The Labute approximate surface area is 152 Å². The number of aliphatic hydroxyl groups is 1. The summed E-state index contributed by atoms with van der Waals surface area (Å²) in [6.07, 6.45) is 5.75. The normalized spacial score (nSPS) is 17.1. The van der Waals surface area contributed by atoms with Gasteiger partial charge < -0.3 is 10.0 Å². The first-order valence-corrected chi connectivity index (χ1v) is 9.76. The average molecular weight is 353 g/mol. The molecule has 0 unspecified atom stereocenters. The molecule has 25 heavy (non-hydrogen) atoms. The van der Waals surface area contributed by atoms with E-state index >= 15 is 0 Å². The van der Waals surface area contributed by atoms with Crippen LogP contribution in [0.3, 0.4) is 0 Å². The van der Waals surface area contributed by atoms with Gasteiger partial charge in [0.2, 0.25) is 0 Å². The zero-order valence-corrected chi connectivity index (χ0v) is 15.1. The molecule has 3 aromatic rings. The Bertz CT molecular complexity index is 825. The van der Waals surface area contributed by atoms with Crippen LogP contribution in [0.4, 0.5) is 5.82 Å². The lowest BCUT2D eigenvalue weighted by Gasteiger charge is -2.41. The lowest BCUT2D eigenvalue weighted by Crippen LogP contribution is -2.42. The molecular formula is C20H23N3OS. The molecule has 1 N–H and O–H groups in total. The van der Waals surface area contributed by atoms with E-state index in [4.69, 9.17) is 0 Å². The van der Waals surface area contributed by atoms with Gasteiger partial charge in [-0.3, -0.25) is 0 Å². The van der Waals surface area contributed by atoms with Crippen molar-refractivity contribution in [3.8, 4) is 0 Å². The number of hydrogen-bond acceptors (Lipinski definition) is 5. The maximum Gasteiger partial charge on any atom is 0.140 e. The van der Waals surface area contributed by atoms with Gasteiger partial charge in [0.15, 0.2) is 0 Å². The number of hydrogen-bond donors (Lipinski definition) is 1. The lowest BCUT2D eigenvalue weighted by atomic mass is 9.75. The molecule has 0 aliphatic carbocycles. The van der Waals surface area contributed by atoms with Crippen molar-refractivity contribution in [2.75, 3.05) is 24.6 Å². The molecular weight excluding hydrogens is 330 g/mol. The van der Waals surface area contributed by atoms with Crippen molar-refractivity contribution in [3.05, 3.63) is 53.7 Å². The highest BCUT2D eigenvalue weighted by Crippen LogP contribution is 2.38. The van der Waals surface area contributed by atoms with Crippen LogP contribution in [0.1, 0.15) is 24.8 Å². The molecule has 2 aromatic heterocycles. The van der Waals surface area contributed by atoms with E-state index in [9.17, 15) is 5.11 Å². The topological polar surface area (TPSA) is 49.2 Å². The number of nitrogens with zero attached hydrogens (tertiary/aromatic N) is 3. The van der Waals surface area contributed by atoms with E-state index in [0.29, 0.717) is 0 Å². The number of rotatable bonds is 5. The number of piperidine rings is 1. The number of thiophene rings is 1. The molecule has 0 radical (unpaired) electrons. The van der Waals surface area contributed by atoms with Gasteiger partial charge in [0.05, 0.1) is 5.39 Å². The van der Waals surface area contributed by atoms with E-state index in [2.05, 4.69) is 56.6 Å². The van der Waals surface area contributed by atoms with E-state index in [1.807, 2.05) is 0 Å². The van der Waals surface area contributed by atoms with Gasteiger partial charge in [-0.15, -0.1) is 11.3 Å². The van der Waals surface area contributed by atoms with E-state index in [1.165, 1.54) is 5.56 Å². The zero-order chi connectivity index (χ0) is 17.1. The van der Waals surface area contributed by atoms with Crippen LogP contribution in [0.25, 0.3) is 10.2 Å². The first-order valence-electron chi connectivity index (χ1n) is 8.88. The summed E-state index contributed by atoms with van der Waals surface area (Å²) >= 11 is 1.66. The molecule has 1 aliphatic rings. The highest BCUT2D eigenvalue weighted by atomic mass is 32.1. The molecule has 0 atom stereocenters. The fourth-order valence-corrected chi connectivity index (χ4v) is 4.49. The monoisotopic (exact) mass is 353 g/mol. The highest BCUT2D eigenvalue weighted by molar-refractivity contribution is 7.16. The average Bonchev–Trinajstić information content (AvgIpc) is 3.17. The molecule has 130 valence electrons. The van der Waals surface area contributed by atoms with E-state index in [0.717, 1.165) is 54.8 Å². The van der Waals surface area contributed by atoms with E-state index < -0.39 is 0 Å². The Kier molecular flexibility index (Phi) is 4.68. The molecule has 0 bridgehead atoms. The van der Waals surface area contributed by atoms with Crippen molar-refractivity contribution in [2.45, 2.75) is 25.7 Å². The molecule has 3 heterocycles. The van der Waals surface area contributed by atoms with Gasteiger partial charge in [-0.05, 0) is 48.1 Å². The van der Waals surface area contributed by atoms with Crippen molar-refractivity contribution in [1.29, 1.82) is 0 Å². The number of aliphatic hydroxyl groups excluding tert-OH is 1. The Morgan fingerprint density at radius 2 is 1.88 bits per heavy atom. The van der Waals surface area contributed by atoms with E-state index in [-0.39, 0.29) is 12.0 Å². The lowest BCUT2D eigenvalue weighted by molar-refractivity contribution is 0.0873. The smallest absolute Gasteiger partial charge is 0.140 e. The quantitative estimate of drug-likeness (QED) is 0.756. The Morgan fingerprint density at radius 3 is 2.64 bits per heavy atom. The minimum absolute atomic E-state index is 0.0349. The SMILES string of the molecule is OCC1(CCc2ccccc2)CCN(c2ncnc3sccc23)CC1. The number of aryl methyl sites for hydroxylation is 1. The van der Waals surface area contributed by atoms with Crippen LogP contribution >= 0.6 is 11.3 Å². The maximum atomic E-state index is 10.1. The molecule has 4 rings (SSSR count). The van der Waals surface area contributed by atoms with Gasteiger partial charge in [0.25, 0.3) is 0 Å². The van der Waals surface area contributed by atoms with Crippen LogP contribution in [-0.4, -0.2) is 34.8 Å². The van der Waals surface area contributed by atoms with Gasteiger partial charge in [-0.25, -0.2) is 9.97 Å². The molecule has 1 saturated heterocycles. The molecule has 1 aromatic carbocycles. The van der Waals surface area contributed by atoms with Crippen LogP contribution < -0.4 is 4.90 Å². The van der Waals surface area contributed by atoms with Crippen molar-refractivity contribution in [2.24, 2.45) is 5.41 Å². The van der Waals surface area contributed by atoms with Gasteiger partial charge in [0.1, 0.15) is 17.0 Å². The molecule has 5 heteroatoms. The van der Waals surface area contributed by atoms with Crippen molar-refractivity contribution in [1.82, 2.24) is 9.97 Å². The maximum absolute atomic E-state index is 10.1. The highest BCUT2D eigenvalue weighted by Gasteiger charge is 2.34. The summed E-state index contributed by atoms with van der Waals surface area (Å²) < 4.78 is 0. The van der Waals surface area contributed by atoms with Crippen LogP contribution in [0.5, 0.6) is 0 Å². The molecule has 4 nitrogen and oxygen atoms in total. The molecule has 1 fully saturated rings. The number of aromatic nitrogens is 2. The summed E-state index contributed by atoms with van der Waals surface area (Å²) in [5.41, 5.74) is 1.39. The fourth-order valence-electron chi connectivity index (χ4n) is 3.76. The third-order valence-electron chi connectivity index (χ3n) is 5.49. The van der Waals surface area contributed by atoms with Gasteiger partial charge in [-0.1, -0.05) is 30.3 Å². The summed E-state index contributed by atoms with van der Waals surface area (Å²) in [7, 11) is 0. The van der Waals surface area contributed by atoms with Gasteiger partial charge in [-0.2, -0.15) is 0 Å². The Balaban J connectivity index is 1.45. The molecule has 0 amide bonds. The second-order valence-electron chi connectivity index (χ2n) is 6.97. The summed E-state index contributed by atoms with van der Waals surface area (Å²) in [6.45, 7) is 2.15. The second kappa shape index (κ2) is 7.10. The Hall–Kier alpha value is -1.98. The van der Waals surface area contributed by atoms with Crippen molar-refractivity contribution in [3.63, 3.8) is 0 Å². The molecule has 0 saturated carbocycles. The van der Waals surface area contributed by atoms with Gasteiger partial charge >= 0.3 is 0 Å². The molecule has 0 spiro atoms. The standard InChI is InChI=1S/C20H23N3OS/c24-14-20(8-6-16-4-2-1-3-5-16)9-11-23(12-10-20)18-17-7-13-25-19(17)22-15-21-18/h1-5,7,13,15,24H,6,8-12,14H2. The molecule has 1 aliphatic heterocycles. The summed E-state index contributed by atoms with van der Waals surface area (Å²) in [5, 5.41) is 13.3. The summed E-state index contributed by atoms with van der Waals surface area (Å²) in [6, 6.07) is 12.7. The zero-order valence-electron chi connectivity index (χ0n) is 14.3. The Morgan fingerprint density at radius 1 is 1.08 bits per heavy atom. The number of fused-ring (bicyclic) bond motifs is 1. The van der Waals surface area contributed by atoms with Gasteiger partial charge in [0, 0.05) is 19.7 Å². The minimum Gasteiger partial charge on any atom is -0.396 e. The predicted molar refractivity (Wildman–Crippen MR) is 103 cm³/mol. The van der Waals surface area contributed by atoms with Crippen LogP contribution in [0.15, 0.2) is 48.1 Å². The van der Waals surface area contributed by atoms with Crippen LogP contribution in [0, 0.1) is 5.41 Å². The first-order chi connectivity index (χ1) is 12.3. The van der Waals surface area contributed by atoms with Crippen molar-refractivity contribution >= 4 is 27.4 Å². The van der Waals surface area contributed by atoms with E-state index in [1.54, 1.807) is 17.7 Å². The largest absolute Gasteiger partial charge is 0.396 e. The summed E-state index contributed by atoms with van der Waals surface area (Å²) in [4.78, 5) is 12.3. The van der Waals surface area contributed by atoms with Crippen LogP contribution in [-0.2, 0) is 6.42 Å². The summed E-state index contributed by atoms with van der Waals surface area (Å²) in [5.74, 6) is 1.04.